The van der Waals surface area contributed by atoms with Gasteiger partial charge in [0, 0.05) is 6.08 Å². The first kappa shape index (κ1) is 5.80. The van der Waals surface area contributed by atoms with Crippen molar-refractivity contribution in [3.63, 3.8) is 0 Å². The molecule has 1 radical (unpaired) electrons. The first-order valence-corrected chi connectivity index (χ1v) is 2.60. The van der Waals surface area contributed by atoms with Crippen molar-refractivity contribution in [1.29, 1.82) is 0 Å². The highest BCUT2D eigenvalue weighted by Gasteiger charge is 1.79. The van der Waals surface area contributed by atoms with Crippen LogP contribution in [-0.2, 0) is 4.79 Å². The lowest BCUT2D eigenvalue weighted by Gasteiger charge is -1.83. The third-order valence-electron chi connectivity index (χ3n) is 0.957. The first-order chi connectivity index (χ1) is 4.43. The molecule has 1 nitrogen and oxygen atoms in total. The van der Waals surface area contributed by atoms with Gasteiger partial charge in [0.05, 0.1) is 0 Å². The van der Waals surface area contributed by atoms with Crippen LogP contribution in [0, 0.1) is 6.07 Å². The SMILES string of the molecule is O=C=Cc1c[c]ccc1. The number of carbonyl (C=O) groups excluding carboxylic acids is 1. The lowest BCUT2D eigenvalue weighted by molar-refractivity contribution is 0.570. The first-order valence-electron chi connectivity index (χ1n) is 2.60. The van der Waals surface area contributed by atoms with Crippen LogP contribution in [0.15, 0.2) is 24.3 Å². The summed E-state index contributed by atoms with van der Waals surface area (Å²) in [6.07, 6.45) is 1.37. The summed E-state index contributed by atoms with van der Waals surface area (Å²) >= 11 is 0. The second-order valence-electron chi connectivity index (χ2n) is 1.60. The molecule has 0 spiro atoms. The zero-order chi connectivity index (χ0) is 6.53. The van der Waals surface area contributed by atoms with E-state index in [1.165, 1.54) is 6.08 Å². The Balaban J connectivity index is 2.97. The fourth-order valence-corrected chi connectivity index (χ4v) is 0.565. The van der Waals surface area contributed by atoms with Crippen LogP contribution in [0.4, 0.5) is 0 Å². The molecule has 0 aromatic heterocycles. The number of rotatable bonds is 1. The van der Waals surface area contributed by atoms with Gasteiger partial charge in [0.2, 0.25) is 0 Å². The maximum Gasteiger partial charge on any atom is 0.125 e. The third kappa shape index (κ3) is 1.56. The Kier molecular flexibility index (Phi) is 1.84. The van der Waals surface area contributed by atoms with E-state index in [9.17, 15) is 4.79 Å². The van der Waals surface area contributed by atoms with E-state index in [1.807, 2.05) is 12.1 Å². The van der Waals surface area contributed by atoms with E-state index in [4.69, 9.17) is 0 Å². The monoisotopic (exact) mass is 117 g/mol. The second-order valence-corrected chi connectivity index (χ2v) is 1.60. The number of hydrogen-bond donors (Lipinski definition) is 0. The molecular weight excluding hydrogens is 112 g/mol. The molecule has 0 bridgehead atoms. The topological polar surface area (TPSA) is 17.1 Å². The predicted molar refractivity (Wildman–Crippen MR) is 35.4 cm³/mol. The van der Waals surface area contributed by atoms with Crippen molar-refractivity contribution in [2.45, 2.75) is 0 Å². The molecule has 0 saturated heterocycles. The van der Waals surface area contributed by atoms with Crippen LogP contribution in [-0.4, -0.2) is 5.94 Å². The highest BCUT2D eigenvalue weighted by Crippen LogP contribution is 1.96. The Labute approximate surface area is 53.6 Å². The van der Waals surface area contributed by atoms with E-state index in [0.717, 1.165) is 5.56 Å². The Morgan fingerprint density at radius 1 is 1.67 bits per heavy atom. The van der Waals surface area contributed by atoms with Crippen LogP contribution < -0.4 is 0 Å². The Hall–Kier alpha value is -1.33. The van der Waals surface area contributed by atoms with Crippen molar-refractivity contribution in [1.82, 2.24) is 0 Å². The zero-order valence-corrected chi connectivity index (χ0v) is 4.79. The van der Waals surface area contributed by atoms with Crippen LogP contribution in [0.3, 0.4) is 0 Å². The molecule has 0 unspecified atom stereocenters. The summed E-state index contributed by atoms with van der Waals surface area (Å²) in [6, 6.07) is 9.99. The summed E-state index contributed by atoms with van der Waals surface area (Å²) < 4.78 is 0. The van der Waals surface area contributed by atoms with Crippen molar-refractivity contribution < 1.29 is 4.79 Å². The van der Waals surface area contributed by atoms with Gasteiger partial charge >= 0.3 is 0 Å². The lowest BCUT2D eigenvalue weighted by Crippen LogP contribution is -1.67. The molecule has 1 aromatic carbocycles. The normalized spacial score (nSPS) is 8.00. The van der Waals surface area contributed by atoms with Crippen molar-refractivity contribution in [3.8, 4) is 0 Å². The number of hydrogen-bond acceptors (Lipinski definition) is 1. The van der Waals surface area contributed by atoms with Gasteiger partial charge in [-0.3, -0.25) is 0 Å². The summed E-state index contributed by atoms with van der Waals surface area (Å²) in [5, 5.41) is 0. The quantitative estimate of drug-likeness (QED) is 0.507. The minimum Gasteiger partial charge on any atom is -0.233 e. The van der Waals surface area contributed by atoms with E-state index < -0.39 is 0 Å². The molecule has 9 heavy (non-hydrogen) atoms. The summed E-state index contributed by atoms with van der Waals surface area (Å²) in [6.45, 7) is 0. The van der Waals surface area contributed by atoms with Gasteiger partial charge in [0.15, 0.2) is 0 Å². The van der Waals surface area contributed by atoms with Crippen molar-refractivity contribution in [3.05, 3.63) is 35.9 Å². The average molecular weight is 117 g/mol. The fourth-order valence-electron chi connectivity index (χ4n) is 0.565. The highest BCUT2D eigenvalue weighted by atomic mass is 16.1. The van der Waals surface area contributed by atoms with Gasteiger partial charge in [-0.05, 0) is 17.7 Å². The zero-order valence-electron chi connectivity index (χ0n) is 4.79. The summed E-state index contributed by atoms with van der Waals surface area (Å²) in [4.78, 5) is 9.78. The van der Waals surface area contributed by atoms with Gasteiger partial charge in [-0.1, -0.05) is 18.2 Å². The van der Waals surface area contributed by atoms with Crippen LogP contribution in [0.1, 0.15) is 5.56 Å². The summed E-state index contributed by atoms with van der Waals surface area (Å²) in [7, 11) is 0. The fraction of sp³-hybridized carbons (Fsp3) is 0. The van der Waals surface area contributed by atoms with E-state index in [2.05, 4.69) is 6.07 Å². The Morgan fingerprint density at radius 2 is 2.56 bits per heavy atom. The molecular formula is C8H5O. The molecule has 1 rings (SSSR count). The minimum absolute atomic E-state index is 0.840. The maximum absolute atomic E-state index is 9.78. The minimum atomic E-state index is 0.840. The van der Waals surface area contributed by atoms with Gasteiger partial charge in [-0.25, -0.2) is 4.79 Å². The van der Waals surface area contributed by atoms with E-state index in [1.54, 1.807) is 18.1 Å². The van der Waals surface area contributed by atoms with Gasteiger partial charge in [0.1, 0.15) is 5.94 Å². The van der Waals surface area contributed by atoms with Crippen LogP contribution in [0.5, 0.6) is 0 Å². The highest BCUT2D eigenvalue weighted by molar-refractivity contribution is 5.74. The molecule has 0 aliphatic heterocycles. The largest absolute Gasteiger partial charge is 0.233 e. The molecule has 43 valence electrons. The Bertz CT molecular complexity index is 220. The molecule has 1 aromatic rings. The van der Waals surface area contributed by atoms with E-state index in [-0.39, 0.29) is 0 Å². The lowest BCUT2D eigenvalue weighted by atomic mass is 10.2. The third-order valence-corrected chi connectivity index (χ3v) is 0.957. The van der Waals surface area contributed by atoms with Crippen molar-refractivity contribution >= 4 is 12.0 Å². The van der Waals surface area contributed by atoms with Crippen LogP contribution >= 0.6 is 0 Å². The molecule has 0 N–H and O–H groups in total. The van der Waals surface area contributed by atoms with E-state index in [0.29, 0.717) is 0 Å². The molecule has 0 atom stereocenters. The van der Waals surface area contributed by atoms with Gasteiger partial charge in [-0.15, -0.1) is 0 Å². The molecule has 0 heterocycles. The van der Waals surface area contributed by atoms with Crippen molar-refractivity contribution in [2.75, 3.05) is 0 Å². The van der Waals surface area contributed by atoms with Gasteiger partial charge < -0.3 is 0 Å². The standard InChI is InChI=1S/C8H5O/c9-7-6-8-4-2-1-3-5-8/h1-2,4-6H. The molecule has 0 amide bonds. The molecule has 0 fully saturated rings. The van der Waals surface area contributed by atoms with Crippen LogP contribution in [0.2, 0.25) is 0 Å². The predicted octanol–water partition coefficient (Wildman–Crippen LogP) is 1.33. The molecule has 0 aliphatic rings. The number of benzene rings is 1. The van der Waals surface area contributed by atoms with Gasteiger partial charge in [0.25, 0.3) is 0 Å². The smallest absolute Gasteiger partial charge is 0.125 e. The van der Waals surface area contributed by atoms with Gasteiger partial charge in [-0.2, -0.15) is 0 Å². The molecule has 0 aliphatic carbocycles. The summed E-state index contributed by atoms with van der Waals surface area (Å²) in [5.41, 5.74) is 0.840. The maximum atomic E-state index is 9.78. The van der Waals surface area contributed by atoms with E-state index >= 15 is 0 Å². The van der Waals surface area contributed by atoms with Crippen molar-refractivity contribution in [2.24, 2.45) is 0 Å². The molecule has 0 saturated carbocycles. The average Bonchev–Trinajstić information content (AvgIpc) is 1.91. The van der Waals surface area contributed by atoms with Crippen LogP contribution in [0.25, 0.3) is 6.08 Å². The second kappa shape index (κ2) is 2.85. The summed E-state index contributed by atoms with van der Waals surface area (Å²) in [5.74, 6) is 1.69. The Morgan fingerprint density at radius 3 is 3.11 bits per heavy atom. The molecule has 1 heteroatoms.